The zero-order valence-corrected chi connectivity index (χ0v) is 18.1. The van der Waals surface area contributed by atoms with Crippen LogP contribution in [-0.2, 0) is 19.6 Å². The minimum absolute atomic E-state index is 0.161. The van der Waals surface area contributed by atoms with Crippen molar-refractivity contribution in [2.24, 2.45) is 0 Å². The first-order chi connectivity index (χ1) is 15.1. The maximum absolute atomic E-state index is 14.4. The van der Waals surface area contributed by atoms with Crippen molar-refractivity contribution in [2.75, 3.05) is 25.5 Å². The Bertz CT molecular complexity index is 1120. The Labute approximate surface area is 182 Å². The van der Waals surface area contributed by atoms with E-state index in [0.717, 1.165) is 41.8 Å². The fourth-order valence-electron chi connectivity index (χ4n) is 3.87. The number of benzene rings is 2. The fourth-order valence-corrected chi connectivity index (χ4v) is 3.87. The number of fused-ring (bicyclic) bond motifs is 1. The predicted molar refractivity (Wildman–Crippen MR) is 123 cm³/mol. The molecule has 0 fully saturated rings. The van der Waals surface area contributed by atoms with Crippen molar-refractivity contribution < 1.29 is 4.39 Å². The number of para-hydroxylation sites is 1. The molecule has 0 radical (unpaired) electrons. The first kappa shape index (κ1) is 21.0. The molecular formula is C25H28FN5. The lowest BCUT2D eigenvalue weighted by atomic mass is 10.1. The van der Waals surface area contributed by atoms with Crippen molar-refractivity contribution >= 4 is 16.7 Å². The molecule has 0 amide bonds. The molecule has 0 spiro atoms. The number of aromatic nitrogens is 3. The van der Waals surface area contributed by atoms with Crippen LogP contribution < -0.4 is 4.90 Å². The van der Waals surface area contributed by atoms with E-state index in [1.807, 2.05) is 57.0 Å². The van der Waals surface area contributed by atoms with Gasteiger partial charge in [0.2, 0.25) is 0 Å². The highest BCUT2D eigenvalue weighted by Gasteiger charge is 2.15. The quantitative estimate of drug-likeness (QED) is 0.395. The van der Waals surface area contributed by atoms with Gasteiger partial charge in [0.1, 0.15) is 11.6 Å². The molecule has 0 saturated carbocycles. The summed E-state index contributed by atoms with van der Waals surface area (Å²) in [7, 11) is 4.03. The van der Waals surface area contributed by atoms with Crippen LogP contribution in [0.1, 0.15) is 17.5 Å². The van der Waals surface area contributed by atoms with Crippen LogP contribution in [0, 0.1) is 5.82 Å². The van der Waals surface area contributed by atoms with Crippen molar-refractivity contribution in [3.8, 4) is 0 Å². The van der Waals surface area contributed by atoms with E-state index >= 15 is 0 Å². The Morgan fingerprint density at radius 3 is 2.52 bits per heavy atom. The van der Waals surface area contributed by atoms with E-state index < -0.39 is 0 Å². The second-order valence-corrected chi connectivity index (χ2v) is 8.01. The topological polar surface area (TPSA) is 37.2 Å². The van der Waals surface area contributed by atoms with Gasteiger partial charge < -0.3 is 9.47 Å². The molecule has 4 aromatic rings. The van der Waals surface area contributed by atoms with Crippen LogP contribution in [0.3, 0.4) is 0 Å². The van der Waals surface area contributed by atoms with E-state index in [0.29, 0.717) is 18.7 Å². The molecule has 0 saturated heterocycles. The summed E-state index contributed by atoms with van der Waals surface area (Å²) in [6.45, 7) is 2.97. The second kappa shape index (κ2) is 9.71. The summed E-state index contributed by atoms with van der Waals surface area (Å²) >= 11 is 0. The first-order valence-electron chi connectivity index (χ1n) is 10.6. The Kier molecular flexibility index (Phi) is 6.57. The Morgan fingerprint density at radius 1 is 0.968 bits per heavy atom. The fraction of sp³-hybridized carbons (Fsp3) is 0.280. The second-order valence-electron chi connectivity index (χ2n) is 8.01. The van der Waals surface area contributed by atoms with Gasteiger partial charge in [-0.3, -0.25) is 4.90 Å². The zero-order valence-electron chi connectivity index (χ0n) is 18.1. The molecule has 6 heteroatoms. The van der Waals surface area contributed by atoms with Crippen molar-refractivity contribution in [3.63, 3.8) is 0 Å². The van der Waals surface area contributed by atoms with Gasteiger partial charge in [0, 0.05) is 69.2 Å². The number of anilines is 1. The number of rotatable bonds is 9. The molecule has 31 heavy (non-hydrogen) atoms. The van der Waals surface area contributed by atoms with Crippen LogP contribution in [0.2, 0.25) is 0 Å². The van der Waals surface area contributed by atoms with Crippen LogP contribution in [-0.4, -0.2) is 40.1 Å². The summed E-state index contributed by atoms with van der Waals surface area (Å²) < 4.78 is 16.5. The molecule has 0 unspecified atom stereocenters. The molecule has 0 bridgehead atoms. The number of halogens is 1. The van der Waals surface area contributed by atoms with Crippen molar-refractivity contribution in [3.05, 3.63) is 90.3 Å². The van der Waals surface area contributed by atoms with E-state index in [1.54, 1.807) is 12.3 Å². The van der Waals surface area contributed by atoms with Crippen molar-refractivity contribution in [2.45, 2.75) is 26.1 Å². The molecule has 0 atom stereocenters. The first-order valence-corrected chi connectivity index (χ1v) is 10.6. The highest BCUT2D eigenvalue weighted by molar-refractivity contribution is 5.81. The van der Waals surface area contributed by atoms with Crippen molar-refractivity contribution in [1.29, 1.82) is 0 Å². The molecule has 0 aliphatic rings. The van der Waals surface area contributed by atoms with Crippen molar-refractivity contribution in [1.82, 2.24) is 19.4 Å². The highest BCUT2D eigenvalue weighted by Crippen LogP contribution is 2.25. The van der Waals surface area contributed by atoms with Crippen LogP contribution in [0.15, 0.2) is 73.3 Å². The number of imidazole rings is 1. The lowest BCUT2D eigenvalue weighted by molar-refractivity contribution is 0.245. The van der Waals surface area contributed by atoms with Gasteiger partial charge in [-0.2, -0.15) is 0 Å². The van der Waals surface area contributed by atoms with Gasteiger partial charge in [0.15, 0.2) is 0 Å². The third-order valence-corrected chi connectivity index (χ3v) is 5.40. The number of pyridine rings is 1. The predicted octanol–water partition coefficient (Wildman–Crippen LogP) is 4.73. The molecule has 0 aliphatic heterocycles. The smallest absolute Gasteiger partial charge is 0.133 e. The summed E-state index contributed by atoms with van der Waals surface area (Å²) in [6, 6.07) is 17.4. The van der Waals surface area contributed by atoms with E-state index in [-0.39, 0.29) is 5.82 Å². The molecule has 0 aliphatic carbocycles. The molecule has 2 heterocycles. The molecule has 2 aromatic heterocycles. The van der Waals surface area contributed by atoms with Gasteiger partial charge >= 0.3 is 0 Å². The Morgan fingerprint density at radius 2 is 1.74 bits per heavy atom. The molecule has 160 valence electrons. The average molecular weight is 418 g/mol. The Hall–Kier alpha value is -3.25. The monoisotopic (exact) mass is 417 g/mol. The Balaban J connectivity index is 1.59. The SMILES string of the molecule is CN(C)c1nc2ccccc2cc1CN(CCCn1ccnc1)Cc1ccccc1F. The molecule has 0 N–H and O–H groups in total. The lowest BCUT2D eigenvalue weighted by Gasteiger charge is -2.26. The summed E-state index contributed by atoms with van der Waals surface area (Å²) in [5.74, 6) is 0.790. The molecule has 2 aromatic carbocycles. The maximum atomic E-state index is 14.4. The summed E-state index contributed by atoms with van der Waals surface area (Å²) in [5, 5.41) is 1.12. The number of nitrogens with zero attached hydrogens (tertiary/aromatic N) is 5. The minimum Gasteiger partial charge on any atom is -0.362 e. The van der Waals surface area contributed by atoms with Crippen LogP contribution in [0.4, 0.5) is 10.2 Å². The van der Waals surface area contributed by atoms with Gasteiger partial charge in [0.25, 0.3) is 0 Å². The lowest BCUT2D eigenvalue weighted by Crippen LogP contribution is -2.27. The van der Waals surface area contributed by atoms with E-state index in [2.05, 4.69) is 31.5 Å². The van der Waals surface area contributed by atoms with Crippen LogP contribution >= 0.6 is 0 Å². The molecular weight excluding hydrogens is 389 g/mol. The number of hydrogen-bond acceptors (Lipinski definition) is 4. The van der Waals surface area contributed by atoms with Gasteiger partial charge in [-0.05, 0) is 24.6 Å². The number of aryl methyl sites for hydroxylation is 1. The van der Waals surface area contributed by atoms with Crippen LogP contribution in [0.25, 0.3) is 10.9 Å². The van der Waals surface area contributed by atoms with E-state index in [1.165, 1.54) is 6.07 Å². The third kappa shape index (κ3) is 5.27. The summed E-state index contributed by atoms with van der Waals surface area (Å²) in [4.78, 5) is 13.3. The van der Waals surface area contributed by atoms with E-state index in [9.17, 15) is 4.39 Å². The summed E-state index contributed by atoms with van der Waals surface area (Å²) in [5.41, 5.74) is 2.84. The van der Waals surface area contributed by atoms with Gasteiger partial charge in [0.05, 0.1) is 11.8 Å². The number of hydrogen-bond donors (Lipinski definition) is 0. The summed E-state index contributed by atoms with van der Waals surface area (Å²) in [6.07, 6.45) is 6.54. The van der Waals surface area contributed by atoms with Gasteiger partial charge in [-0.1, -0.05) is 36.4 Å². The molecule has 5 nitrogen and oxygen atoms in total. The normalized spacial score (nSPS) is 11.4. The average Bonchev–Trinajstić information content (AvgIpc) is 3.28. The third-order valence-electron chi connectivity index (χ3n) is 5.40. The minimum atomic E-state index is -0.161. The van der Waals surface area contributed by atoms with Crippen LogP contribution in [0.5, 0.6) is 0 Å². The standard InChI is InChI=1S/C25H28FN5/c1-29(2)25-22(16-20-8-4-6-11-24(20)28-25)18-31(14-7-13-30-15-12-27-19-30)17-21-9-3-5-10-23(21)26/h3-6,8-12,15-16,19H,7,13-14,17-18H2,1-2H3. The maximum Gasteiger partial charge on any atom is 0.133 e. The zero-order chi connectivity index (χ0) is 21.6. The van der Waals surface area contributed by atoms with Gasteiger partial charge in [-0.15, -0.1) is 0 Å². The highest BCUT2D eigenvalue weighted by atomic mass is 19.1. The largest absolute Gasteiger partial charge is 0.362 e. The molecule has 4 rings (SSSR count). The van der Waals surface area contributed by atoms with E-state index in [4.69, 9.17) is 4.98 Å². The van der Waals surface area contributed by atoms with Gasteiger partial charge in [-0.25, -0.2) is 14.4 Å².